The van der Waals surface area contributed by atoms with Gasteiger partial charge in [0.1, 0.15) is 5.70 Å². The fourth-order valence-electron chi connectivity index (χ4n) is 2.93. The molecule has 0 radical (unpaired) electrons. The minimum absolute atomic E-state index is 0.0361. The summed E-state index contributed by atoms with van der Waals surface area (Å²) in [4.78, 5) is 36.6. The van der Waals surface area contributed by atoms with Crippen molar-refractivity contribution in [1.29, 1.82) is 0 Å². The molecular weight excluding hydrogens is 368 g/mol. The average molecular weight is 394 g/mol. The van der Waals surface area contributed by atoms with Crippen molar-refractivity contribution in [3.63, 3.8) is 0 Å². The monoisotopic (exact) mass is 394 g/mol. The van der Waals surface area contributed by atoms with Crippen molar-refractivity contribution in [3.8, 4) is 0 Å². The number of nitrogens with one attached hydrogen (secondary N) is 2. The molecule has 0 aliphatic heterocycles. The summed E-state index contributed by atoms with van der Waals surface area (Å²) in [5.41, 5.74) is 4.34. The van der Waals surface area contributed by atoms with Gasteiger partial charge in [-0.1, -0.05) is 48.0 Å². The molecule has 0 heterocycles. The molecule has 2 N–H and O–H groups in total. The van der Waals surface area contributed by atoms with E-state index in [4.69, 9.17) is 4.74 Å². The van der Waals surface area contributed by atoms with Gasteiger partial charge in [-0.25, -0.2) is 4.79 Å². The normalized spacial score (nSPS) is 12.1. The summed E-state index contributed by atoms with van der Waals surface area (Å²) in [5.74, 6) is -1.65. The molecule has 2 aromatic carbocycles. The van der Waals surface area contributed by atoms with Gasteiger partial charge in [-0.3, -0.25) is 9.59 Å². The molecule has 2 rings (SSSR count). The lowest BCUT2D eigenvalue weighted by molar-refractivity contribution is -0.149. The summed E-state index contributed by atoms with van der Waals surface area (Å²) in [6, 6.07) is 13.0. The van der Waals surface area contributed by atoms with Crippen molar-refractivity contribution in [2.24, 2.45) is 0 Å². The molecule has 2 amide bonds. The van der Waals surface area contributed by atoms with Crippen LogP contribution in [0.1, 0.15) is 36.1 Å². The fourth-order valence-corrected chi connectivity index (χ4v) is 2.93. The number of carbonyl (C=O) groups excluding carboxylic acids is 3. The maximum atomic E-state index is 12.5. The van der Waals surface area contributed by atoms with Crippen molar-refractivity contribution < 1.29 is 19.1 Å². The maximum Gasteiger partial charge on any atom is 0.355 e. The number of hydrogen-bond acceptors (Lipinski definition) is 4. The fraction of sp³-hybridized carbons (Fsp3) is 0.261. The minimum atomic E-state index is -1.05. The number of aryl methyl sites for hydroxylation is 3. The van der Waals surface area contributed by atoms with Crippen LogP contribution in [-0.2, 0) is 19.1 Å². The molecule has 0 spiro atoms. The Hall–Kier alpha value is -3.41. The molecule has 0 unspecified atom stereocenters. The largest absolute Gasteiger partial charge is 0.448 e. The first kappa shape index (κ1) is 21.9. The molecule has 0 saturated heterocycles. The molecule has 1 atom stereocenters. The van der Waals surface area contributed by atoms with Gasteiger partial charge in [0.15, 0.2) is 6.10 Å². The van der Waals surface area contributed by atoms with Gasteiger partial charge in [0.2, 0.25) is 5.91 Å². The number of hydrogen-bond donors (Lipinski definition) is 2. The third-order valence-corrected chi connectivity index (χ3v) is 4.22. The Morgan fingerprint density at radius 3 is 2.14 bits per heavy atom. The van der Waals surface area contributed by atoms with Crippen molar-refractivity contribution in [1.82, 2.24) is 5.32 Å². The van der Waals surface area contributed by atoms with Crippen molar-refractivity contribution in [2.45, 2.75) is 40.7 Å². The van der Waals surface area contributed by atoms with Gasteiger partial charge in [-0.2, -0.15) is 0 Å². The van der Waals surface area contributed by atoms with Crippen LogP contribution in [0.25, 0.3) is 6.08 Å². The van der Waals surface area contributed by atoms with E-state index >= 15 is 0 Å². The standard InChI is InChI=1S/C23H26N2O4/c1-14-11-15(2)21(16(3)12-14)25-22(27)17(4)29-23(28)20(24-18(5)26)13-19-9-7-6-8-10-19/h6-13,17H,1-5H3,(H,24,26)(H,25,27)/b20-13-/t17-/m0/s1. The van der Waals surface area contributed by atoms with E-state index in [1.807, 2.05) is 51.1 Å². The van der Waals surface area contributed by atoms with Crippen LogP contribution in [0.3, 0.4) is 0 Å². The molecule has 6 heteroatoms. The lowest BCUT2D eigenvalue weighted by atomic mass is 10.0. The Kier molecular flexibility index (Phi) is 7.31. The first-order valence-corrected chi connectivity index (χ1v) is 9.31. The lowest BCUT2D eigenvalue weighted by Crippen LogP contribution is -2.34. The second-order valence-corrected chi connectivity index (χ2v) is 6.96. The van der Waals surface area contributed by atoms with Crippen LogP contribution in [0.2, 0.25) is 0 Å². The maximum absolute atomic E-state index is 12.5. The van der Waals surface area contributed by atoms with Crippen LogP contribution in [0, 0.1) is 20.8 Å². The number of amides is 2. The Morgan fingerprint density at radius 1 is 1.00 bits per heavy atom. The van der Waals surface area contributed by atoms with E-state index in [9.17, 15) is 14.4 Å². The molecule has 0 aromatic heterocycles. The van der Waals surface area contributed by atoms with E-state index in [1.54, 1.807) is 12.1 Å². The van der Waals surface area contributed by atoms with Gasteiger partial charge in [0, 0.05) is 12.6 Å². The van der Waals surface area contributed by atoms with E-state index < -0.39 is 23.9 Å². The Morgan fingerprint density at radius 2 is 1.59 bits per heavy atom. The van der Waals surface area contributed by atoms with Crippen LogP contribution in [0.5, 0.6) is 0 Å². The van der Waals surface area contributed by atoms with Gasteiger partial charge in [-0.15, -0.1) is 0 Å². The Bertz CT molecular complexity index is 926. The van der Waals surface area contributed by atoms with Gasteiger partial charge in [0.25, 0.3) is 5.91 Å². The third-order valence-electron chi connectivity index (χ3n) is 4.22. The predicted octanol–water partition coefficient (Wildman–Crippen LogP) is 3.66. The van der Waals surface area contributed by atoms with Gasteiger partial charge >= 0.3 is 5.97 Å². The summed E-state index contributed by atoms with van der Waals surface area (Å²) in [7, 11) is 0. The average Bonchev–Trinajstić information content (AvgIpc) is 2.64. The molecule has 0 bridgehead atoms. The SMILES string of the molecule is CC(=O)N/C(=C\c1ccccc1)C(=O)O[C@@H](C)C(=O)Nc1c(C)cc(C)cc1C. The molecule has 29 heavy (non-hydrogen) atoms. The summed E-state index contributed by atoms with van der Waals surface area (Å²) in [5, 5.41) is 5.28. The highest BCUT2D eigenvalue weighted by atomic mass is 16.5. The van der Waals surface area contributed by atoms with Gasteiger partial charge < -0.3 is 15.4 Å². The van der Waals surface area contributed by atoms with Crippen molar-refractivity contribution in [3.05, 3.63) is 70.4 Å². The smallest absolute Gasteiger partial charge is 0.355 e. The Balaban J connectivity index is 2.13. The zero-order valence-corrected chi connectivity index (χ0v) is 17.3. The summed E-state index contributed by atoms with van der Waals surface area (Å²) in [6.45, 7) is 8.58. The van der Waals surface area contributed by atoms with E-state index in [2.05, 4.69) is 10.6 Å². The van der Waals surface area contributed by atoms with E-state index in [0.29, 0.717) is 5.69 Å². The number of rotatable bonds is 6. The molecular formula is C23H26N2O4. The van der Waals surface area contributed by atoms with Crippen LogP contribution in [-0.4, -0.2) is 23.9 Å². The number of anilines is 1. The number of ether oxygens (including phenoxy) is 1. The second kappa shape index (κ2) is 9.68. The highest BCUT2D eigenvalue weighted by molar-refractivity contribution is 6.01. The number of carbonyl (C=O) groups is 3. The van der Waals surface area contributed by atoms with E-state index in [0.717, 1.165) is 22.3 Å². The van der Waals surface area contributed by atoms with Crippen LogP contribution in [0.4, 0.5) is 5.69 Å². The summed E-state index contributed by atoms with van der Waals surface area (Å²) in [6.07, 6.45) is 0.457. The van der Waals surface area contributed by atoms with Crippen LogP contribution < -0.4 is 10.6 Å². The number of benzene rings is 2. The Labute approximate surface area is 171 Å². The third kappa shape index (κ3) is 6.31. The highest BCUT2D eigenvalue weighted by Crippen LogP contribution is 2.22. The van der Waals surface area contributed by atoms with Crippen LogP contribution >= 0.6 is 0 Å². The molecule has 6 nitrogen and oxygen atoms in total. The predicted molar refractivity (Wildman–Crippen MR) is 113 cm³/mol. The van der Waals surface area contributed by atoms with Crippen molar-refractivity contribution >= 4 is 29.5 Å². The van der Waals surface area contributed by atoms with Gasteiger partial charge in [0.05, 0.1) is 0 Å². The molecule has 2 aromatic rings. The molecule has 152 valence electrons. The van der Waals surface area contributed by atoms with Gasteiger partial charge in [-0.05, 0) is 50.5 Å². The lowest BCUT2D eigenvalue weighted by Gasteiger charge is -2.17. The zero-order valence-electron chi connectivity index (χ0n) is 17.3. The van der Waals surface area contributed by atoms with E-state index in [1.165, 1.54) is 19.9 Å². The summed E-state index contributed by atoms with van der Waals surface area (Å²) < 4.78 is 5.29. The van der Waals surface area contributed by atoms with Crippen LogP contribution in [0.15, 0.2) is 48.2 Å². The highest BCUT2D eigenvalue weighted by Gasteiger charge is 2.22. The minimum Gasteiger partial charge on any atom is -0.448 e. The first-order chi connectivity index (χ1) is 13.7. The van der Waals surface area contributed by atoms with E-state index in [-0.39, 0.29) is 5.70 Å². The first-order valence-electron chi connectivity index (χ1n) is 9.31. The zero-order chi connectivity index (χ0) is 21.6. The summed E-state index contributed by atoms with van der Waals surface area (Å²) >= 11 is 0. The second-order valence-electron chi connectivity index (χ2n) is 6.96. The number of esters is 1. The van der Waals surface area contributed by atoms with Crippen molar-refractivity contribution in [2.75, 3.05) is 5.32 Å². The molecule has 0 aliphatic rings. The quantitative estimate of drug-likeness (QED) is 0.578. The molecule has 0 saturated carbocycles. The molecule has 0 fully saturated rings. The topological polar surface area (TPSA) is 84.5 Å². The molecule has 0 aliphatic carbocycles.